The van der Waals surface area contributed by atoms with E-state index in [-0.39, 0.29) is 0 Å². The maximum absolute atomic E-state index is 12.1. The van der Waals surface area contributed by atoms with Gasteiger partial charge in [-0.3, -0.25) is 9.69 Å². The molecule has 0 spiro atoms. The third-order valence-corrected chi connectivity index (χ3v) is 4.69. The SMILES string of the molecule is CCC(=O)N1CCC[C@@H]1[C@H]1CCCN1Cc1noc(C)n1. The molecule has 1 aromatic heterocycles. The fourth-order valence-electron chi connectivity index (χ4n) is 3.78. The van der Waals surface area contributed by atoms with E-state index in [1.54, 1.807) is 0 Å². The highest BCUT2D eigenvalue weighted by atomic mass is 16.5. The second-order valence-corrected chi connectivity index (χ2v) is 6.06. The predicted molar refractivity (Wildman–Crippen MR) is 77.5 cm³/mol. The molecule has 0 unspecified atom stereocenters. The smallest absolute Gasteiger partial charge is 0.223 e. The van der Waals surface area contributed by atoms with Gasteiger partial charge in [0.25, 0.3) is 0 Å². The van der Waals surface area contributed by atoms with Crippen molar-refractivity contribution < 1.29 is 9.32 Å². The topological polar surface area (TPSA) is 62.5 Å². The molecule has 0 saturated carbocycles. The normalized spacial score (nSPS) is 26.7. The number of likely N-dealkylation sites (tertiary alicyclic amines) is 2. The molecule has 2 atom stereocenters. The van der Waals surface area contributed by atoms with Crippen molar-refractivity contribution in [1.29, 1.82) is 0 Å². The Morgan fingerprint density at radius 3 is 2.76 bits per heavy atom. The van der Waals surface area contributed by atoms with Crippen LogP contribution in [0.1, 0.15) is 50.7 Å². The number of aromatic nitrogens is 2. The Labute approximate surface area is 125 Å². The van der Waals surface area contributed by atoms with Crippen LogP contribution >= 0.6 is 0 Å². The summed E-state index contributed by atoms with van der Waals surface area (Å²) in [6.45, 7) is 6.47. The van der Waals surface area contributed by atoms with Crippen LogP contribution in [-0.4, -0.2) is 51.0 Å². The average Bonchev–Trinajstić information content (AvgIpc) is 3.18. The first-order valence-electron chi connectivity index (χ1n) is 8.01. The zero-order valence-electron chi connectivity index (χ0n) is 12.9. The molecular formula is C15H24N4O2. The molecule has 6 heteroatoms. The van der Waals surface area contributed by atoms with E-state index >= 15 is 0 Å². The Kier molecular flexibility index (Phi) is 4.24. The summed E-state index contributed by atoms with van der Waals surface area (Å²) in [5, 5.41) is 4.00. The van der Waals surface area contributed by atoms with Gasteiger partial charge in [-0.2, -0.15) is 4.98 Å². The second kappa shape index (κ2) is 6.13. The Morgan fingerprint density at radius 1 is 1.29 bits per heavy atom. The number of hydrogen-bond acceptors (Lipinski definition) is 5. The maximum atomic E-state index is 12.1. The summed E-state index contributed by atoms with van der Waals surface area (Å²) in [6, 6.07) is 0.815. The summed E-state index contributed by atoms with van der Waals surface area (Å²) < 4.78 is 5.06. The fraction of sp³-hybridized carbons (Fsp3) is 0.800. The van der Waals surface area contributed by atoms with Crippen molar-refractivity contribution in [2.24, 2.45) is 0 Å². The van der Waals surface area contributed by atoms with Gasteiger partial charge in [0, 0.05) is 32.0 Å². The zero-order chi connectivity index (χ0) is 14.8. The predicted octanol–water partition coefficient (Wildman–Crippen LogP) is 1.74. The molecule has 0 radical (unpaired) electrons. The molecule has 0 bridgehead atoms. The summed E-state index contributed by atoms with van der Waals surface area (Å²) in [5.74, 6) is 1.66. The van der Waals surface area contributed by atoms with Crippen molar-refractivity contribution in [3.8, 4) is 0 Å². The van der Waals surface area contributed by atoms with Crippen LogP contribution in [0.4, 0.5) is 0 Å². The molecule has 21 heavy (non-hydrogen) atoms. The Bertz CT molecular complexity index is 502. The van der Waals surface area contributed by atoms with Crippen LogP contribution in [0.25, 0.3) is 0 Å². The van der Waals surface area contributed by atoms with E-state index in [0.717, 1.165) is 44.7 Å². The van der Waals surface area contributed by atoms with Gasteiger partial charge in [0.1, 0.15) is 0 Å². The van der Waals surface area contributed by atoms with Gasteiger partial charge >= 0.3 is 0 Å². The van der Waals surface area contributed by atoms with Crippen LogP contribution in [-0.2, 0) is 11.3 Å². The quantitative estimate of drug-likeness (QED) is 0.846. The molecule has 0 N–H and O–H groups in total. The lowest BCUT2D eigenvalue weighted by molar-refractivity contribution is -0.132. The third kappa shape index (κ3) is 2.95. The molecule has 1 amide bonds. The van der Waals surface area contributed by atoms with Crippen molar-refractivity contribution in [3.63, 3.8) is 0 Å². The van der Waals surface area contributed by atoms with Gasteiger partial charge < -0.3 is 9.42 Å². The van der Waals surface area contributed by atoms with Gasteiger partial charge in [-0.05, 0) is 32.2 Å². The molecule has 2 fully saturated rings. The molecule has 0 aliphatic carbocycles. The maximum Gasteiger partial charge on any atom is 0.223 e. The largest absolute Gasteiger partial charge is 0.340 e. The summed E-state index contributed by atoms with van der Waals surface area (Å²) in [7, 11) is 0. The van der Waals surface area contributed by atoms with Crippen LogP contribution in [0.5, 0.6) is 0 Å². The number of aryl methyl sites for hydroxylation is 1. The number of nitrogens with zero attached hydrogens (tertiary/aromatic N) is 4. The summed E-state index contributed by atoms with van der Waals surface area (Å²) in [6.07, 6.45) is 5.20. The minimum atomic E-state index is 0.291. The highest BCUT2D eigenvalue weighted by Gasteiger charge is 2.39. The van der Waals surface area contributed by atoms with Crippen molar-refractivity contribution in [1.82, 2.24) is 19.9 Å². The Morgan fingerprint density at radius 2 is 2.05 bits per heavy atom. The van der Waals surface area contributed by atoms with Crippen molar-refractivity contribution in [2.75, 3.05) is 13.1 Å². The van der Waals surface area contributed by atoms with Gasteiger partial charge in [-0.1, -0.05) is 12.1 Å². The van der Waals surface area contributed by atoms with Crippen LogP contribution in [0.15, 0.2) is 4.52 Å². The van der Waals surface area contributed by atoms with Crippen molar-refractivity contribution in [3.05, 3.63) is 11.7 Å². The van der Waals surface area contributed by atoms with Crippen molar-refractivity contribution >= 4 is 5.91 Å². The summed E-state index contributed by atoms with van der Waals surface area (Å²) >= 11 is 0. The summed E-state index contributed by atoms with van der Waals surface area (Å²) in [5.41, 5.74) is 0. The molecule has 2 aliphatic heterocycles. The molecule has 2 aliphatic rings. The van der Waals surface area contributed by atoms with Gasteiger partial charge in [0.15, 0.2) is 5.82 Å². The van der Waals surface area contributed by atoms with Gasteiger partial charge in [0.2, 0.25) is 11.8 Å². The number of carbonyl (C=O) groups excluding carboxylic acids is 1. The van der Waals surface area contributed by atoms with E-state index < -0.39 is 0 Å². The fourth-order valence-corrected chi connectivity index (χ4v) is 3.78. The van der Waals surface area contributed by atoms with E-state index in [1.807, 2.05) is 13.8 Å². The van der Waals surface area contributed by atoms with E-state index in [0.29, 0.717) is 30.3 Å². The Balaban J connectivity index is 1.69. The van der Waals surface area contributed by atoms with Gasteiger partial charge in [-0.25, -0.2) is 0 Å². The van der Waals surface area contributed by atoms with E-state index in [9.17, 15) is 4.79 Å². The molecule has 3 heterocycles. The first-order chi connectivity index (χ1) is 10.2. The third-order valence-electron chi connectivity index (χ3n) is 4.69. The highest BCUT2D eigenvalue weighted by Crippen LogP contribution is 2.31. The van der Waals surface area contributed by atoms with Crippen LogP contribution in [0.2, 0.25) is 0 Å². The molecule has 1 aromatic rings. The number of rotatable bonds is 4. The van der Waals surface area contributed by atoms with E-state index in [2.05, 4.69) is 19.9 Å². The van der Waals surface area contributed by atoms with Crippen LogP contribution in [0, 0.1) is 6.92 Å². The van der Waals surface area contributed by atoms with Crippen molar-refractivity contribution in [2.45, 2.75) is 64.6 Å². The van der Waals surface area contributed by atoms with E-state index in [1.165, 1.54) is 6.42 Å². The molecule has 116 valence electrons. The second-order valence-electron chi connectivity index (χ2n) is 6.06. The first-order valence-corrected chi connectivity index (χ1v) is 8.01. The van der Waals surface area contributed by atoms with Gasteiger partial charge in [-0.15, -0.1) is 0 Å². The highest BCUT2D eigenvalue weighted by molar-refractivity contribution is 5.76. The minimum Gasteiger partial charge on any atom is -0.340 e. The average molecular weight is 292 g/mol. The first kappa shape index (κ1) is 14.5. The lowest BCUT2D eigenvalue weighted by atomic mass is 10.0. The molecular weight excluding hydrogens is 268 g/mol. The molecule has 3 rings (SSSR count). The van der Waals surface area contributed by atoms with E-state index in [4.69, 9.17) is 4.52 Å². The Hall–Kier alpha value is -1.43. The standard InChI is InChI=1S/C15H24N4O2/c1-3-15(20)19-9-5-7-13(19)12-6-4-8-18(12)10-14-16-11(2)21-17-14/h12-13H,3-10H2,1-2H3/t12-,13-/m1/s1. The van der Waals surface area contributed by atoms with Crippen LogP contribution < -0.4 is 0 Å². The summed E-state index contributed by atoms with van der Waals surface area (Å²) in [4.78, 5) is 21.0. The molecule has 2 saturated heterocycles. The molecule has 0 aromatic carbocycles. The lowest BCUT2D eigenvalue weighted by Gasteiger charge is -2.34. The molecule has 6 nitrogen and oxygen atoms in total. The number of carbonyl (C=O) groups is 1. The minimum absolute atomic E-state index is 0.291. The number of amides is 1. The zero-order valence-corrected chi connectivity index (χ0v) is 12.9. The number of hydrogen-bond donors (Lipinski definition) is 0. The van der Waals surface area contributed by atoms with Crippen LogP contribution in [0.3, 0.4) is 0 Å². The monoisotopic (exact) mass is 292 g/mol. The van der Waals surface area contributed by atoms with Gasteiger partial charge in [0.05, 0.1) is 6.54 Å². The lowest BCUT2D eigenvalue weighted by Crippen LogP contribution is -2.47.